The molecular formula is C16H29N5. The molecule has 1 fully saturated rings. The largest absolute Gasteiger partial charge is 0.370 e. The van der Waals surface area contributed by atoms with E-state index in [0.29, 0.717) is 6.04 Å². The van der Waals surface area contributed by atoms with E-state index in [0.717, 1.165) is 50.1 Å². The van der Waals surface area contributed by atoms with E-state index < -0.39 is 0 Å². The van der Waals surface area contributed by atoms with Crippen LogP contribution in [0.15, 0.2) is 0 Å². The Bertz CT molecular complexity index is 474. The molecule has 1 unspecified atom stereocenters. The highest BCUT2D eigenvalue weighted by Gasteiger charge is 2.25. The summed E-state index contributed by atoms with van der Waals surface area (Å²) in [5.41, 5.74) is 1.17. The summed E-state index contributed by atoms with van der Waals surface area (Å²) in [4.78, 5) is 14.2. The molecule has 1 aromatic heterocycles. The Morgan fingerprint density at radius 3 is 2.62 bits per heavy atom. The zero-order valence-electron chi connectivity index (χ0n) is 14.1. The average molecular weight is 291 g/mol. The number of aromatic nitrogens is 2. The highest BCUT2D eigenvalue weighted by molar-refractivity contribution is 5.59. The predicted molar refractivity (Wildman–Crippen MR) is 89.2 cm³/mol. The van der Waals surface area contributed by atoms with E-state index in [2.05, 4.69) is 47.9 Å². The highest BCUT2D eigenvalue weighted by Crippen LogP contribution is 2.26. The van der Waals surface area contributed by atoms with Crippen LogP contribution in [0, 0.1) is 13.8 Å². The summed E-state index contributed by atoms with van der Waals surface area (Å²) < 4.78 is 0. The zero-order chi connectivity index (χ0) is 15.4. The maximum absolute atomic E-state index is 4.72. The first-order valence-electron chi connectivity index (χ1n) is 8.11. The zero-order valence-corrected chi connectivity index (χ0v) is 14.1. The van der Waals surface area contributed by atoms with Gasteiger partial charge in [-0.05, 0) is 33.7 Å². The smallest absolute Gasteiger partial charge is 0.137 e. The van der Waals surface area contributed by atoms with Crippen LogP contribution in [0.2, 0.25) is 0 Å². The Labute approximate surface area is 128 Å². The minimum Gasteiger partial charge on any atom is -0.370 e. The van der Waals surface area contributed by atoms with Gasteiger partial charge < -0.3 is 10.2 Å². The summed E-state index contributed by atoms with van der Waals surface area (Å²) >= 11 is 0. The van der Waals surface area contributed by atoms with Crippen LogP contribution in [0.4, 0.5) is 11.6 Å². The molecular weight excluding hydrogens is 262 g/mol. The van der Waals surface area contributed by atoms with Crippen molar-refractivity contribution >= 4 is 11.6 Å². The van der Waals surface area contributed by atoms with Crippen molar-refractivity contribution in [1.82, 2.24) is 14.9 Å². The van der Waals surface area contributed by atoms with Gasteiger partial charge in [0, 0.05) is 37.8 Å². The Morgan fingerprint density at radius 2 is 1.95 bits per heavy atom. The van der Waals surface area contributed by atoms with Gasteiger partial charge in [0.15, 0.2) is 0 Å². The van der Waals surface area contributed by atoms with E-state index in [-0.39, 0.29) is 0 Å². The summed E-state index contributed by atoms with van der Waals surface area (Å²) in [5, 5.41) is 3.43. The monoisotopic (exact) mass is 291 g/mol. The van der Waals surface area contributed by atoms with Gasteiger partial charge in [-0.2, -0.15) is 0 Å². The lowest BCUT2D eigenvalue weighted by atomic mass is 10.1. The molecule has 0 aromatic carbocycles. The summed E-state index contributed by atoms with van der Waals surface area (Å²) in [5.74, 6) is 2.94. The molecule has 1 saturated heterocycles. The summed E-state index contributed by atoms with van der Waals surface area (Å²) in [6.07, 6.45) is 2.28. The summed E-state index contributed by atoms with van der Waals surface area (Å²) in [7, 11) is 2.22. The number of aryl methyl sites for hydroxylation is 1. The minimum atomic E-state index is 0.612. The fourth-order valence-corrected chi connectivity index (χ4v) is 2.92. The quantitative estimate of drug-likeness (QED) is 0.903. The molecule has 2 rings (SSSR count). The Kier molecular flexibility index (Phi) is 5.39. The van der Waals surface area contributed by atoms with E-state index in [4.69, 9.17) is 4.98 Å². The first-order valence-corrected chi connectivity index (χ1v) is 8.11. The normalized spacial score (nSPS) is 19.9. The second kappa shape index (κ2) is 7.07. The third kappa shape index (κ3) is 3.64. The fourth-order valence-electron chi connectivity index (χ4n) is 2.92. The molecule has 1 N–H and O–H groups in total. The second-order valence-corrected chi connectivity index (χ2v) is 5.98. The molecule has 5 nitrogen and oxygen atoms in total. The maximum atomic E-state index is 4.72. The van der Waals surface area contributed by atoms with E-state index in [1.165, 1.54) is 12.0 Å². The molecule has 0 amide bonds. The van der Waals surface area contributed by atoms with E-state index in [1.54, 1.807) is 0 Å². The lowest BCUT2D eigenvalue weighted by molar-refractivity contribution is 0.212. The van der Waals surface area contributed by atoms with Crippen LogP contribution in [0.3, 0.4) is 0 Å². The molecule has 0 saturated carbocycles. The van der Waals surface area contributed by atoms with Gasteiger partial charge in [-0.3, -0.25) is 4.90 Å². The lowest BCUT2D eigenvalue weighted by Gasteiger charge is -2.40. The van der Waals surface area contributed by atoms with Gasteiger partial charge in [0.05, 0.1) is 0 Å². The highest BCUT2D eigenvalue weighted by atomic mass is 15.3. The minimum absolute atomic E-state index is 0.612. The average Bonchev–Trinajstić information content (AvgIpc) is 2.48. The second-order valence-electron chi connectivity index (χ2n) is 5.98. The SMILES string of the molecule is CCCNc1nc(C)nc(N2CCN(C)C(CC)C2)c1C. The van der Waals surface area contributed by atoms with E-state index in [9.17, 15) is 0 Å². The van der Waals surface area contributed by atoms with Gasteiger partial charge in [0.25, 0.3) is 0 Å². The van der Waals surface area contributed by atoms with Gasteiger partial charge in [0.2, 0.25) is 0 Å². The third-order valence-electron chi connectivity index (χ3n) is 4.32. The molecule has 5 heteroatoms. The Hall–Kier alpha value is -1.36. The molecule has 118 valence electrons. The molecule has 1 aliphatic heterocycles. The first-order chi connectivity index (χ1) is 10.1. The van der Waals surface area contributed by atoms with Crippen LogP contribution >= 0.6 is 0 Å². The van der Waals surface area contributed by atoms with Gasteiger partial charge >= 0.3 is 0 Å². The predicted octanol–water partition coefficient (Wildman–Crippen LogP) is 2.45. The summed E-state index contributed by atoms with van der Waals surface area (Å²) in [6.45, 7) is 12.7. The van der Waals surface area contributed by atoms with Gasteiger partial charge in [-0.1, -0.05) is 13.8 Å². The molecule has 21 heavy (non-hydrogen) atoms. The number of piperazine rings is 1. The topological polar surface area (TPSA) is 44.3 Å². The number of rotatable bonds is 5. The fraction of sp³-hybridized carbons (Fsp3) is 0.750. The van der Waals surface area contributed by atoms with Crippen molar-refractivity contribution in [3.8, 4) is 0 Å². The molecule has 0 aliphatic carbocycles. The molecule has 0 spiro atoms. The third-order valence-corrected chi connectivity index (χ3v) is 4.32. The molecule has 1 atom stereocenters. The number of nitrogens with one attached hydrogen (secondary N) is 1. The molecule has 1 aliphatic rings. The molecule has 2 heterocycles. The van der Waals surface area contributed by atoms with Crippen molar-refractivity contribution in [3.05, 3.63) is 11.4 Å². The summed E-state index contributed by atoms with van der Waals surface area (Å²) in [6, 6.07) is 0.612. The van der Waals surface area contributed by atoms with Gasteiger partial charge in [0.1, 0.15) is 17.5 Å². The number of likely N-dealkylation sites (N-methyl/N-ethyl adjacent to an activating group) is 1. The van der Waals surface area contributed by atoms with Crippen molar-refractivity contribution in [2.45, 2.75) is 46.6 Å². The van der Waals surface area contributed by atoms with Crippen LogP contribution in [-0.2, 0) is 0 Å². The first kappa shape index (κ1) is 16.0. The number of anilines is 2. The number of hydrogen-bond donors (Lipinski definition) is 1. The van der Waals surface area contributed by atoms with Crippen LogP contribution in [0.1, 0.15) is 38.1 Å². The Balaban J connectivity index is 2.24. The van der Waals surface area contributed by atoms with Crippen molar-refractivity contribution in [2.75, 3.05) is 43.4 Å². The van der Waals surface area contributed by atoms with E-state index in [1.807, 2.05) is 6.92 Å². The standard InChI is InChI=1S/C16H29N5/c1-6-8-17-15-12(3)16(19-13(4)18-15)21-10-9-20(5)14(7-2)11-21/h14H,6-11H2,1-5H3,(H,17,18,19). The maximum Gasteiger partial charge on any atom is 0.137 e. The van der Waals surface area contributed by atoms with Crippen molar-refractivity contribution in [3.63, 3.8) is 0 Å². The van der Waals surface area contributed by atoms with Crippen LogP contribution in [0.5, 0.6) is 0 Å². The Morgan fingerprint density at radius 1 is 1.19 bits per heavy atom. The molecule has 1 aromatic rings. The molecule has 0 bridgehead atoms. The lowest BCUT2D eigenvalue weighted by Crippen LogP contribution is -2.51. The van der Waals surface area contributed by atoms with Crippen LogP contribution < -0.4 is 10.2 Å². The van der Waals surface area contributed by atoms with Gasteiger partial charge in [-0.15, -0.1) is 0 Å². The number of nitrogens with zero attached hydrogens (tertiary/aromatic N) is 4. The van der Waals surface area contributed by atoms with E-state index >= 15 is 0 Å². The van der Waals surface area contributed by atoms with Gasteiger partial charge in [-0.25, -0.2) is 9.97 Å². The van der Waals surface area contributed by atoms with Crippen LogP contribution in [0.25, 0.3) is 0 Å². The van der Waals surface area contributed by atoms with Crippen molar-refractivity contribution < 1.29 is 0 Å². The number of hydrogen-bond acceptors (Lipinski definition) is 5. The van der Waals surface area contributed by atoms with Crippen molar-refractivity contribution in [2.24, 2.45) is 0 Å². The van der Waals surface area contributed by atoms with Crippen LogP contribution in [-0.4, -0.2) is 54.1 Å². The molecule has 0 radical (unpaired) electrons. The van der Waals surface area contributed by atoms with Crippen molar-refractivity contribution in [1.29, 1.82) is 0 Å².